The zero-order valence-corrected chi connectivity index (χ0v) is 19.0. The van der Waals surface area contributed by atoms with E-state index in [4.69, 9.17) is 10.1 Å². The molecule has 2 aromatic carbocycles. The van der Waals surface area contributed by atoms with Crippen molar-refractivity contribution < 1.29 is 4.79 Å². The number of hydrogen-bond donors (Lipinski definition) is 1. The van der Waals surface area contributed by atoms with Gasteiger partial charge >= 0.3 is 0 Å². The summed E-state index contributed by atoms with van der Waals surface area (Å²) in [7, 11) is 0. The molecule has 0 bridgehead atoms. The monoisotopic (exact) mass is 480 g/mol. The van der Waals surface area contributed by atoms with Gasteiger partial charge in [-0.25, -0.2) is 4.68 Å². The highest BCUT2D eigenvalue weighted by atomic mass is 79.9. The van der Waals surface area contributed by atoms with Crippen molar-refractivity contribution in [3.05, 3.63) is 81.0 Å². The van der Waals surface area contributed by atoms with Crippen molar-refractivity contribution in [1.29, 1.82) is 0 Å². The van der Waals surface area contributed by atoms with Gasteiger partial charge in [0.25, 0.3) is 0 Å². The quantitative estimate of drug-likeness (QED) is 0.487. The van der Waals surface area contributed by atoms with Crippen molar-refractivity contribution in [3.63, 3.8) is 0 Å². The summed E-state index contributed by atoms with van der Waals surface area (Å²) in [5.41, 5.74) is 5.37. The Hall–Kier alpha value is -2.38. The summed E-state index contributed by atoms with van der Waals surface area (Å²) < 4.78 is 2.89. The van der Waals surface area contributed by atoms with Crippen LogP contribution in [0, 0.1) is 6.92 Å². The van der Waals surface area contributed by atoms with Gasteiger partial charge in [-0.15, -0.1) is 5.10 Å². The molecule has 0 saturated carbocycles. The number of fused-ring (bicyclic) bond motifs is 1. The molecule has 3 aromatic rings. The highest BCUT2D eigenvalue weighted by Gasteiger charge is 2.36. The number of Topliss-reactive ketones (excluding diaryl/α,β-unsaturated/α-hetero) is 1. The number of carbonyl (C=O) groups is 1. The van der Waals surface area contributed by atoms with Crippen LogP contribution in [0.3, 0.4) is 0 Å². The maximum Gasteiger partial charge on any atom is 0.227 e. The molecule has 1 aliphatic heterocycles. The number of aryl methyl sites for hydroxylation is 1. The van der Waals surface area contributed by atoms with Crippen molar-refractivity contribution in [2.24, 2.45) is 0 Å². The number of anilines is 1. The summed E-state index contributed by atoms with van der Waals surface area (Å²) in [6.07, 6.45) is 2.33. The maximum absolute atomic E-state index is 12.9. The normalized spacial score (nSPS) is 18.1. The highest BCUT2D eigenvalue weighted by Crippen LogP contribution is 2.40. The van der Waals surface area contributed by atoms with E-state index in [0.717, 1.165) is 39.9 Å². The Morgan fingerprint density at radius 2 is 2.03 bits per heavy atom. The average Bonchev–Trinajstić information content (AvgIpc) is 3.14. The van der Waals surface area contributed by atoms with E-state index in [9.17, 15) is 4.79 Å². The van der Waals surface area contributed by atoms with Gasteiger partial charge in [-0.3, -0.25) is 4.79 Å². The van der Waals surface area contributed by atoms with E-state index in [1.54, 1.807) is 11.8 Å². The summed E-state index contributed by atoms with van der Waals surface area (Å²) in [5, 5.41) is 8.91. The topological polar surface area (TPSA) is 59.8 Å². The second kappa shape index (κ2) is 8.04. The van der Waals surface area contributed by atoms with Crippen molar-refractivity contribution in [3.8, 4) is 0 Å². The number of benzene rings is 2. The van der Waals surface area contributed by atoms with Crippen LogP contribution in [0.1, 0.15) is 42.0 Å². The molecule has 2 heterocycles. The maximum atomic E-state index is 12.9. The summed E-state index contributed by atoms with van der Waals surface area (Å²) in [4.78, 5) is 17.6. The minimum atomic E-state index is -0.238. The van der Waals surface area contributed by atoms with Crippen molar-refractivity contribution >= 4 is 39.4 Å². The molecule has 0 saturated heterocycles. The molecule has 0 fully saturated rings. The summed E-state index contributed by atoms with van der Waals surface area (Å²) in [5.74, 6) is 1.72. The number of thioether (sulfide) groups is 1. The van der Waals surface area contributed by atoms with E-state index in [2.05, 4.69) is 64.6 Å². The minimum absolute atomic E-state index is 0.201. The van der Waals surface area contributed by atoms with Crippen LogP contribution >= 0.6 is 27.7 Å². The first-order chi connectivity index (χ1) is 14.6. The SMILES string of the molecule is Cc1cccc(CSc2nc3n(n2)C(c2ccc(Br)cc2)C2=C(CCCC2=O)N3)c1. The van der Waals surface area contributed by atoms with Crippen LogP contribution in [0.25, 0.3) is 0 Å². The molecule has 1 unspecified atom stereocenters. The minimum Gasteiger partial charge on any atom is -0.328 e. The van der Waals surface area contributed by atoms with Gasteiger partial charge in [0.1, 0.15) is 6.04 Å². The fraction of sp³-hybridized carbons (Fsp3) is 0.261. The van der Waals surface area contributed by atoms with Gasteiger partial charge in [-0.2, -0.15) is 4.98 Å². The fourth-order valence-electron chi connectivity index (χ4n) is 4.10. The molecule has 1 aromatic heterocycles. The number of aromatic nitrogens is 3. The molecule has 5 rings (SSSR count). The van der Waals surface area contributed by atoms with Crippen LogP contribution in [0.2, 0.25) is 0 Å². The van der Waals surface area contributed by atoms with E-state index < -0.39 is 0 Å². The van der Waals surface area contributed by atoms with Crippen LogP contribution in [0.5, 0.6) is 0 Å². The lowest BCUT2D eigenvalue weighted by Crippen LogP contribution is -2.31. The molecule has 0 radical (unpaired) electrons. The number of hydrogen-bond acceptors (Lipinski definition) is 5. The third kappa shape index (κ3) is 3.72. The molecule has 1 N–H and O–H groups in total. The Bertz CT molecular complexity index is 1150. The third-order valence-electron chi connectivity index (χ3n) is 5.48. The zero-order valence-electron chi connectivity index (χ0n) is 16.6. The first kappa shape index (κ1) is 19.6. The molecule has 0 amide bonds. The first-order valence-corrected chi connectivity index (χ1v) is 11.8. The number of ketones is 1. The molecule has 30 heavy (non-hydrogen) atoms. The Kier molecular flexibility index (Phi) is 5.25. The van der Waals surface area contributed by atoms with Crippen LogP contribution < -0.4 is 5.32 Å². The lowest BCUT2D eigenvalue weighted by molar-refractivity contribution is -0.116. The molecule has 1 aliphatic carbocycles. The van der Waals surface area contributed by atoms with Gasteiger partial charge < -0.3 is 5.32 Å². The third-order valence-corrected chi connectivity index (χ3v) is 6.92. The Balaban J connectivity index is 1.50. The van der Waals surface area contributed by atoms with Crippen molar-refractivity contribution in [2.45, 2.75) is 43.1 Å². The van der Waals surface area contributed by atoms with E-state index in [0.29, 0.717) is 17.5 Å². The van der Waals surface area contributed by atoms with Crippen LogP contribution in [-0.2, 0) is 10.5 Å². The highest BCUT2D eigenvalue weighted by molar-refractivity contribution is 9.10. The number of halogens is 1. The van der Waals surface area contributed by atoms with Crippen molar-refractivity contribution in [1.82, 2.24) is 14.8 Å². The molecule has 2 aliphatic rings. The number of allylic oxidation sites excluding steroid dienone is 2. The van der Waals surface area contributed by atoms with Crippen LogP contribution in [0.15, 0.2) is 69.4 Å². The van der Waals surface area contributed by atoms with Gasteiger partial charge in [0.2, 0.25) is 11.1 Å². The summed E-state index contributed by atoms with van der Waals surface area (Å²) >= 11 is 5.12. The number of carbonyl (C=O) groups excluding carboxylic acids is 1. The number of nitrogens with zero attached hydrogens (tertiary/aromatic N) is 3. The van der Waals surface area contributed by atoms with Gasteiger partial charge in [0, 0.05) is 27.9 Å². The molecule has 152 valence electrons. The van der Waals surface area contributed by atoms with Crippen LogP contribution in [-0.4, -0.2) is 20.5 Å². The molecule has 0 spiro atoms. The molecule has 1 atom stereocenters. The summed E-state index contributed by atoms with van der Waals surface area (Å²) in [6, 6.07) is 16.4. The van der Waals surface area contributed by atoms with Gasteiger partial charge in [0.15, 0.2) is 5.78 Å². The van der Waals surface area contributed by atoms with E-state index in [1.807, 2.05) is 16.8 Å². The molecular formula is C23H21BrN4OS. The van der Waals surface area contributed by atoms with Gasteiger partial charge in [0.05, 0.1) is 0 Å². The first-order valence-electron chi connectivity index (χ1n) is 10.0. The zero-order chi connectivity index (χ0) is 20.7. The van der Waals surface area contributed by atoms with Gasteiger partial charge in [-0.1, -0.05) is 69.7 Å². The smallest absolute Gasteiger partial charge is 0.227 e. The predicted octanol–water partition coefficient (Wildman–Crippen LogP) is 5.66. The predicted molar refractivity (Wildman–Crippen MR) is 123 cm³/mol. The Labute approximate surface area is 188 Å². The molecule has 7 heteroatoms. The lowest BCUT2D eigenvalue weighted by Gasteiger charge is -2.32. The fourth-order valence-corrected chi connectivity index (χ4v) is 5.14. The summed E-state index contributed by atoms with van der Waals surface area (Å²) in [6.45, 7) is 2.10. The van der Waals surface area contributed by atoms with E-state index >= 15 is 0 Å². The second-order valence-electron chi connectivity index (χ2n) is 7.69. The van der Waals surface area contributed by atoms with E-state index in [1.165, 1.54) is 11.1 Å². The molecule has 5 nitrogen and oxygen atoms in total. The lowest BCUT2D eigenvalue weighted by atomic mass is 9.85. The standard InChI is InChI=1S/C23H21BrN4OS/c1-14-4-2-5-15(12-14)13-30-23-26-22-25-18-6-3-7-19(29)20(18)21(28(22)27-23)16-8-10-17(24)11-9-16/h2,4-5,8-12,21H,3,6-7,13H2,1H3,(H,25,26,27). The second-order valence-corrected chi connectivity index (χ2v) is 9.55. The Morgan fingerprint density at radius 1 is 1.20 bits per heavy atom. The van der Waals surface area contributed by atoms with Crippen molar-refractivity contribution in [2.75, 3.05) is 5.32 Å². The van der Waals surface area contributed by atoms with E-state index in [-0.39, 0.29) is 11.8 Å². The number of rotatable bonds is 4. The average molecular weight is 481 g/mol. The Morgan fingerprint density at radius 3 is 2.83 bits per heavy atom. The number of nitrogens with one attached hydrogen (secondary N) is 1. The molecular weight excluding hydrogens is 460 g/mol. The van der Waals surface area contributed by atoms with Gasteiger partial charge in [-0.05, 0) is 43.0 Å². The largest absolute Gasteiger partial charge is 0.328 e. The van der Waals surface area contributed by atoms with Crippen LogP contribution in [0.4, 0.5) is 5.95 Å².